The summed E-state index contributed by atoms with van der Waals surface area (Å²) in [7, 11) is 1.62. The standard InChI is InChI=1S/C18H28N2O2.ClH/c1-22-17(13-19)12-18(21)20(16-10-6-3-7-11-16)14-15-8-4-2-5-9-15;/h2,4-5,8-9,16-17H,3,6-7,10-14,19H2,1H3;1H. The summed E-state index contributed by atoms with van der Waals surface area (Å²) in [5.74, 6) is 0.160. The van der Waals surface area contributed by atoms with Crippen molar-refractivity contribution < 1.29 is 9.53 Å². The van der Waals surface area contributed by atoms with Gasteiger partial charge in [-0.25, -0.2) is 0 Å². The van der Waals surface area contributed by atoms with Crippen molar-refractivity contribution in [1.82, 2.24) is 4.90 Å². The van der Waals surface area contributed by atoms with Crippen LogP contribution in [0.4, 0.5) is 0 Å². The van der Waals surface area contributed by atoms with Crippen LogP contribution in [0.15, 0.2) is 30.3 Å². The molecule has 0 aliphatic heterocycles. The van der Waals surface area contributed by atoms with Crippen LogP contribution in [0, 0.1) is 0 Å². The fourth-order valence-corrected chi connectivity index (χ4v) is 3.17. The lowest BCUT2D eigenvalue weighted by Crippen LogP contribution is -2.43. The van der Waals surface area contributed by atoms with Crippen LogP contribution in [-0.2, 0) is 16.1 Å². The SMILES string of the molecule is COC(CN)CC(=O)N(Cc1ccccc1)C1CCCCC1.Cl. The summed E-state index contributed by atoms with van der Waals surface area (Å²) in [4.78, 5) is 14.8. The highest BCUT2D eigenvalue weighted by Gasteiger charge is 2.27. The number of benzene rings is 1. The van der Waals surface area contributed by atoms with Crippen molar-refractivity contribution >= 4 is 18.3 Å². The van der Waals surface area contributed by atoms with E-state index in [0.29, 0.717) is 25.6 Å². The normalized spacial score (nSPS) is 16.4. The van der Waals surface area contributed by atoms with Gasteiger partial charge in [-0.1, -0.05) is 49.6 Å². The van der Waals surface area contributed by atoms with Gasteiger partial charge in [0.05, 0.1) is 12.5 Å². The number of ether oxygens (including phenoxy) is 1. The first-order valence-electron chi connectivity index (χ1n) is 8.31. The Morgan fingerprint density at radius 1 is 1.26 bits per heavy atom. The Morgan fingerprint density at radius 3 is 2.48 bits per heavy atom. The smallest absolute Gasteiger partial charge is 0.225 e. The average Bonchev–Trinajstić information content (AvgIpc) is 2.59. The van der Waals surface area contributed by atoms with E-state index in [1.807, 2.05) is 18.2 Å². The third kappa shape index (κ3) is 6.13. The molecule has 1 amide bonds. The molecule has 1 atom stereocenters. The molecule has 4 nitrogen and oxygen atoms in total. The molecule has 1 aliphatic carbocycles. The highest BCUT2D eigenvalue weighted by molar-refractivity contribution is 5.85. The molecule has 1 unspecified atom stereocenters. The van der Waals surface area contributed by atoms with Crippen molar-refractivity contribution in [3.63, 3.8) is 0 Å². The van der Waals surface area contributed by atoms with Crippen LogP contribution in [-0.4, -0.2) is 36.6 Å². The van der Waals surface area contributed by atoms with Crippen molar-refractivity contribution in [2.45, 2.75) is 57.2 Å². The van der Waals surface area contributed by atoms with E-state index >= 15 is 0 Å². The lowest BCUT2D eigenvalue weighted by molar-refractivity contribution is -0.137. The second-order valence-corrected chi connectivity index (χ2v) is 6.10. The third-order valence-corrected chi connectivity index (χ3v) is 4.53. The number of nitrogens with two attached hydrogens (primary N) is 1. The molecule has 0 bridgehead atoms. The minimum Gasteiger partial charge on any atom is -0.380 e. The number of amides is 1. The number of hydrogen-bond donors (Lipinski definition) is 1. The van der Waals surface area contributed by atoms with Crippen LogP contribution in [0.2, 0.25) is 0 Å². The van der Waals surface area contributed by atoms with E-state index in [0.717, 1.165) is 12.8 Å². The number of nitrogens with zero attached hydrogens (tertiary/aromatic N) is 1. The predicted octanol–water partition coefficient (Wildman–Crippen LogP) is 3.13. The molecule has 130 valence electrons. The second kappa shape index (κ2) is 10.6. The summed E-state index contributed by atoms with van der Waals surface area (Å²) in [5.41, 5.74) is 6.85. The van der Waals surface area contributed by atoms with Crippen LogP contribution < -0.4 is 5.73 Å². The van der Waals surface area contributed by atoms with Gasteiger partial charge in [0.25, 0.3) is 0 Å². The Kier molecular flexibility index (Phi) is 9.22. The molecule has 1 aliphatic rings. The van der Waals surface area contributed by atoms with Crippen molar-refractivity contribution in [1.29, 1.82) is 0 Å². The van der Waals surface area contributed by atoms with Crippen molar-refractivity contribution in [2.75, 3.05) is 13.7 Å². The van der Waals surface area contributed by atoms with Gasteiger partial charge in [-0.2, -0.15) is 0 Å². The van der Waals surface area contributed by atoms with Crippen LogP contribution in [0.3, 0.4) is 0 Å². The zero-order valence-corrected chi connectivity index (χ0v) is 14.8. The summed E-state index contributed by atoms with van der Waals surface area (Å²) in [6.45, 7) is 1.07. The summed E-state index contributed by atoms with van der Waals surface area (Å²) in [6, 6.07) is 10.6. The maximum atomic E-state index is 12.8. The first kappa shape index (κ1) is 19.9. The quantitative estimate of drug-likeness (QED) is 0.829. The van der Waals surface area contributed by atoms with Gasteiger partial charge >= 0.3 is 0 Å². The minimum atomic E-state index is -0.186. The molecule has 23 heavy (non-hydrogen) atoms. The third-order valence-electron chi connectivity index (χ3n) is 4.53. The summed E-state index contributed by atoms with van der Waals surface area (Å²) >= 11 is 0. The van der Waals surface area contributed by atoms with E-state index in [1.165, 1.54) is 24.8 Å². The Hall–Kier alpha value is -1.10. The summed E-state index contributed by atoms with van der Waals surface area (Å²) in [6.07, 6.45) is 6.12. The molecule has 1 saturated carbocycles. The minimum absolute atomic E-state index is 0. The van der Waals surface area contributed by atoms with Gasteiger partial charge in [-0.05, 0) is 18.4 Å². The van der Waals surface area contributed by atoms with Gasteiger partial charge in [0.15, 0.2) is 0 Å². The number of hydrogen-bond acceptors (Lipinski definition) is 3. The Labute approximate surface area is 145 Å². The van der Waals surface area contributed by atoms with Gasteiger partial charge in [0.1, 0.15) is 0 Å². The highest BCUT2D eigenvalue weighted by atomic mass is 35.5. The van der Waals surface area contributed by atoms with Crippen molar-refractivity contribution in [2.24, 2.45) is 5.73 Å². The molecule has 2 N–H and O–H groups in total. The molecular formula is C18H29ClN2O2. The molecule has 1 aromatic carbocycles. The summed E-state index contributed by atoms with van der Waals surface area (Å²) < 4.78 is 5.29. The molecule has 5 heteroatoms. The first-order valence-corrected chi connectivity index (χ1v) is 8.31. The molecular weight excluding hydrogens is 312 g/mol. The van der Waals surface area contributed by atoms with E-state index in [2.05, 4.69) is 17.0 Å². The van der Waals surface area contributed by atoms with Crippen LogP contribution in [0.1, 0.15) is 44.1 Å². The molecule has 0 aromatic heterocycles. The lowest BCUT2D eigenvalue weighted by atomic mass is 9.93. The van der Waals surface area contributed by atoms with E-state index < -0.39 is 0 Å². The number of methoxy groups -OCH3 is 1. The second-order valence-electron chi connectivity index (χ2n) is 6.10. The summed E-state index contributed by atoms with van der Waals surface area (Å²) in [5, 5.41) is 0. The Balaban J connectivity index is 0.00000264. The molecule has 0 heterocycles. The lowest BCUT2D eigenvalue weighted by Gasteiger charge is -2.35. The Morgan fingerprint density at radius 2 is 1.91 bits per heavy atom. The first-order chi connectivity index (χ1) is 10.7. The van der Waals surface area contributed by atoms with Gasteiger partial charge in [0.2, 0.25) is 5.91 Å². The predicted molar refractivity (Wildman–Crippen MR) is 95.6 cm³/mol. The van der Waals surface area contributed by atoms with Gasteiger partial charge < -0.3 is 15.4 Å². The topological polar surface area (TPSA) is 55.6 Å². The largest absolute Gasteiger partial charge is 0.380 e. The number of carbonyl (C=O) groups is 1. The van der Waals surface area contributed by atoms with Crippen LogP contribution in [0.25, 0.3) is 0 Å². The van der Waals surface area contributed by atoms with Gasteiger partial charge in [-0.3, -0.25) is 4.79 Å². The van der Waals surface area contributed by atoms with E-state index in [9.17, 15) is 4.79 Å². The fraction of sp³-hybridized carbons (Fsp3) is 0.611. The zero-order chi connectivity index (χ0) is 15.8. The maximum absolute atomic E-state index is 12.8. The zero-order valence-electron chi connectivity index (χ0n) is 13.9. The van der Waals surface area contributed by atoms with Crippen molar-refractivity contribution in [3.8, 4) is 0 Å². The van der Waals surface area contributed by atoms with E-state index in [4.69, 9.17) is 10.5 Å². The maximum Gasteiger partial charge on any atom is 0.225 e. The molecule has 2 rings (SSSR count). The van der Waals surface area contributed by atoms with Gasteiger partial charge in [0, 0.05) is 26.2 Å². The van der Waals surface area contributed by atoms with Crippen molar-refractivity contribution in [3.05, 3.63) is 35.9 Å². The number of halogens is 1. The molecule has 1 fully saturated rings. The van der Waals surface area contributed by atoms with E-state index in [-0.39, 0.29) is 24.4 Å². The van der Waals surface area contributed by atoms with Gasteiger partial charge in [-0.15, -0.1) is 12.4 Å². The van der Waals surface area contributed by atoms with E-state index in [1.54, 1.807) is 7.11 Å². The molecule has 0 spiro atoms. The Bertz CT molecular complexity index is 446. The molecule has 1 aromatic rings. The monoisotopic (exact) mass is 340 g/mol. The number of carbonyl (C=O) groups excluding carboxylic acids is 1. The average molecular weight is 341 g/mol. The molecule has 0 saturated heterocycles. The van der Waals surface area contributed by atoms with Crippen LogP contribution in [0.5, 0.6) is 0 Å². The fourth-order valence-electron chi connectivity index (χ4n) is 3.17. The molecule has 0 radical (unpaired) electrons. The van der Waals surface area contributed by atoms with Crippen LogP contribution >= 0.6 is 12.4 Å². The number of rotatable bonds is 7. The highest BCUT2D eigenvalue weighted by Crippen LogP contribution is 2.25.